The summed E-state index contributed by atoms with van der Waals surface area (Å²) in [6.07, 6.45) is 3.72. The number of para-hydroxylation sites is 1. The topological polar surface area (TPSA) is 41.1 Å². The highest BCUT2D eigenvalue weighted by Gasteiger charge is 2.30. The molecule has 0 radical (unpaired) electrons. The van der Waals surface area contributed by atoms with E-state index in [9.17, 15) is 0 Å². The van der Waals surface area contributed by atoms with Crippen LogP contribution in [0.2, 0.25) is 0 Å². The van der Waals surface area contributed by atoms with Crippen molar-refractivity contribution in [3.8, 4) is 0 Å². The van der Waals surface area contributed by atoms with Gasteiger partial charge in [-0.15, -0.1) is 0 Å². The van der Waals surface area contributed by atoms with Crippen LogP contribution in [0.5, 0.6) is 0 Å². The summed E-state index contributed by atoms with van der Waals surface area (Å²) in [5, 5.41) is 4.41. The first-order chi connectivity index (χ1) is 9.83. The molecule has 1 aliphatic carbocycles. The zero-order chi connectivity index (χ0) is 13.9. The quantitative estimate of drug-likeness (QED) is 0.873. The molecule has 20 heavy (non-hydrogen) atoms. The van der Waals surface area contributed by atoms with Crippen molar-refractivity contribution >= 4 is 22.7 Å². The number of nitrogens with zero attached hydrogens (tertiary/aromatic N) is 3. The van der Waals surface area contributed by atoms with Crippen LogP contribution in [0.3, 0.4) is 0 Å². The Kier molecular flexibility index (Phi) is 3.72. The van der Waals surface area contributed by atoms with E-state index in [2.05, 4.69) is 47.2 Å². The molecule has 0 aliphatic heterocycles. The smallest absolute Gasteiger partial charge is 0.225 e. The standard InChI is InChI=1S/C16H22N4/c1-3-11-20(12-9-10-12)15-13-7-5-6-8-14(13)18-16(19-15)17-4-2/h5-8,12H,3-4,9-11H2,1-2H3,(H,17,18,19). The molecular formula is C16H22N4. The second-order valence-electron chi connectivity index (χ2n) is 5.34. The highest BCUT2D eigenvalue weighted by Crippen LogP contribution is 2.34. The Hall–Kier alpha value is -1.84. The first-order valence-electron chi connectivity index (χ1n) is 7.60. The number of anilines is 2. The van der Waals surface area contributed by atoms with E-state index in [1.807, 2.05) is 6.07 Å². The average molecular weight is 270 g/mol. The van der Waals surface area contributed by atoms with Gasteiger partial charge in [-0.05, 0) is 38.3 Å². The third-order valence-corrected chi connectivity index (χ3v) is 3.64. The fourth-order valence-corrected chi connectivity index (χ4v) is 2.60. The molecule has 0 unspecified atom stereocenters. The number of hydrogen-bond donors (Lipinski definition) is 1. The molecule has 0 saturated heterocycles. The van der Waals surface area contributed by atoms with Crippen molar-refractivity contribution in [1.82, 2.24) is 9.97 Å². The van der Waals surface area contributed by atoms with Gasteiger partial charge in [-0.3, -0.25) is 0 Å². The monoisotopic (exact) mass is 270 g/mol. The van der Waals surface area contributed by atoms with E-state index >= 15 is 0 Å². The lowest BCUT2D eigenvalue weighted by atomic mass is 10.2. The van der Waals surface area contributed by atoms with E-state index in [1.54, 1.807) is 0 Å². The predicted molar refractivity (Wildman–Crippen MR) is 84.4 cm³/mol. The largest absolute Gasteiger partial charge is 0.354 e. The van der Waals surface area contributed by atoms with Crippen LogP contribution in [0, 0.1) is 0 Å². The zero-order valence-electron chi connectivity index (χ0n) is 12.3. The van der Waals surface area contributed by atoms with Crippen LogP contribution < -0.4 is 10.2 Å². The van der Waals surface area contributed by atoms with Gasteiger partial charge in [-0.2, -0.15) is 4.98 Å². The van der Waals surface area contributed by atoms with Gasteiger partial charge >= 0.3 is 0 Å². The second kappa shape index (κ2) is 5.65. The third kappa shape index (κ3) is 2.55. The minimum absolute atomic E-state index is 0.669. The van der Waals surface area contributed by atoms with Crippen molar-refractivity contribution < 1.29 is 0 Å². The number of fused-ring (bicyclic) bond motifs is 1. The molecule has 0 amide bonds. The molecule has 1 heterocycles. The summed E-state index contributed by atoms with van der Waals surface area (Å²) in [6.45, 7) is 6.21. The lowest BCUT2D eigenvalue weighted by molar-refractivity contribution is 0.753. The average Bonchev–Trinajstić information content (AvgIpc) is 3.29. The number of hydrogen-bond acceptors (Lipinski definition) is 4. The lowest BCUT2D eigenvalue weighted by Gasteiger charge is -2.24. The fraction of sp³-hybridized carbons (Fsp3) is 0.500. The number of nitrogens with one attached hydrogen (secondary N) is 1. The molecule has 1 N–H and O–H groups in total. The summed E-state index contributed by atoms with van der Waals surface area (Å²) in [5.41, 5.74) is 1.02. The van der Waals surface area contributed by atoms with Crippen LogP contribution in [0.15, 0.2) is 24.3 Å². The molecule has 1 aromatic heterocycles. The third-order valence-electron chi connectivity index (χ3n) is 3.64. The second-order valence-corrected chi connectivity index (χ2v) is 5.34. The van der Waals surface area contributed by atoms with Gasteiger partial charge in [0.25, 0.3) is 0 Å². The van der Waals surface area contributed by atoms with Crippen LogP contribution in [0.1, 0.15) is 33.1 Å². The van der Waals surface area contributed by atoms with Gasteiger partial charge in [0.05, 0.1) is 5.52 Å². The fourth-order valence-electron chi connectivity index (χ4n) is 2.60. The minimum atomic E-state index is 0.669. The van der Waals surface area contributed by atoms with Gasteiger partial charge in [0.2, 0.25) is 5.95 Å². The van der Waals surface area contributed by atoms with Gasteiger partial charge in [0.15, 0.2) is 0 Å². The first-order valence-corrected chi connectivity index (χ1v) is 7.60. The SMILES string of the molecule is CCCN(c1nc(NCC)nc2ccccc12)C1CC1. The first kappa shape index (κ1) is 13.2. The van der Waals surface area contributed by atoms with Gasteiger partial charge in [0.1, 0.15) is 5.82 Å². The molecular weight excluding hydrogens is 248 g/mol. The Morgan fingerprint density at radius 1 is 1.20 bits per heavy atom. The van der Waals surface area contributed by atoms with Crippen LogP contribution in [0.25, 0.3) is 10.9 Å². The highest BCUT2D eigenvalue weighted by atomic mass is 15.3. The summed E-state index contributed by atoms with van der Waals surface area (Å²) in [4.78, 5) is 11.8. The maximum absolute atomic E-state index is 4.77. The molecule has 4 heteroatoms. The van der Waals surface area contributed by atoms with Crippen molar-refractivity contribution in [2.75, 3.05) is 23.3 Å². The Labute approximate surface area is 120 Å². The molecule has 4 nitrogen and oxygen atoms in total. The summed E-state index contributed by atoms with van der Waals surface area (Å²) in [7, 11) is 0. The van der Waals surface area contributed by atoms with E-state index < -0.39 is 0 Å². The molecule has 0 spiro atoms. The molecule has 1 aliphatic rings. The van der Waals surface area contributed by atoms with Crippen molar-refractivity contribution in [1.29, 1.82) is 0 Å². The van der Waals surface area contributed by atoms with Crippen LogP contribution >= 0.6 is 0 Å². The number of rotatable bonds is 6. The van der Waals surface area contributed by atoms with E-state index in [0.717, 1.165) is 42.2 Å². The normalized spacial score (nSPS) is 14.5. The van der Waals surface area contributed by atoms with Crippen LogP contribution in [-0.2, 0) is 0 Å². The van der Waals surface area contributed by atoms with Crippen LogP contribution in [0.4, 0.5) is 11.8 Å². The molecule has 3 rings (SSSR count). The van der Waals surface area contributed by atoms with E-state index in [-0.39, 0.29) is 0 Å². The minimum Gasteiger partial charge on any atom is -0.354 e. The Morgan fingerprint density at radius 3 is 2.70 bits per heavy atom. The van der Waals surface area contributed by atoms with Crippen molar-refractivity contribution in [2.45, 2.75) is 39.2 Å². The molecule has 1 fully saturated rings. The van der Waals surface area contributed by atoms with Gasteiger partial charge in [-0.1, -0.05) is 19.1 Å². The highest BCUT2D eigenvalue weighted by molar-refractivity contribution is 5.90. The maximum Gasteiger partial charge on any atom is 0.225 e. The summed E-state index contributed by atoms with van der Waals surface area (Å²) < 4.78 is 0. The summed E-state index contributed by atoms with van der Waals surface area (Å²) >= 11 is 0. The van der Waals surface area contributed by atoms with Crippen molar-refractivity contribution in [3.63, 3.8) is 0 Å². The summed E-state index contributed by atoms with van der Waals surface area (Å²) in [5.74, 6) is 1.83. The van der Waals surface area contributed by atoms with E-state index in [0.29, 0.717) is 6.04 Å². The van der Waals surface area contributed by atoms with Gasteiger partial charge in [0, 0.05) is 24.5 Å². The molecule has 1 saturated carbocycles. The van der Waals surface area contributed by atoms with Gasteiger partial charge < -0.3 is 10.2 Å². The van der Waals surface area contributed by atoms with Crippen molar-refractivity contribution in [2.24, 2.45) is 0 Å². The Morgan fingerprint density at radius 2 is 2.00 bits per heavy atom. The molecule has 0 atom stereocenters. The maximum atomic E-state index is 4.77. The summed E-state index contributed by atoms with van der Waals surface area (Å²) in [6, 6.07) is 8.97. The molecule has 2 aromatic rings. The number of benzene rings is 1. The number of aromatic nitrogens is 2. The Bertz CT molecular complexity index is 592. The van der Waals surface area contributed by atoms with E-state index in [1.165, 1.54) is 12.8 Å². The molecule has 106 valence electrons. The van der Waals surface area contributed by atoms with Crippen LogP contribution in [-0.4, -0.2) is 29.1 Å². The predicted octanol–water partition coefficient (Wildman–Crippen LogP) is 3.44. The lowest BCUT2D eigenvalue weighted by Crippen LogP contribution is -2.28. The van der Waals surface area contributed by atoms with Gasteiger partial charge in [-0.25, -0.2) is 4.98 Å². The van der Waals surface area contributed by atoms with Crippen molar-refractivity contribution in [3.05, 3.63) is 24.3 Å². The molecule has 1 aromatic carbocycles. The zero-order valence-corrected chi connectivity index (χ0v) is 12.3. The van der Waals surface area contributed by atoms with E-state index in [4.69, 9.17) is 4.98 Å². The molecule has 0 bridgehead atoms. The Balaban J connectivity index is 2.10.